The molecule has 1 aromatic rings. The number of hydrogen-bond acceptors (Lipinski definition) is 3. The summed E-state index contributed by atoms with van der Waals surface area (Å²) >= 11 is 0. The summed E-state index contributed by atoms with van der Waals surface area (Å²) in [4.78, 5) is 4.33. The third kappa shape index (κ3) is 9.52. The van der Waals surface area contributed by atoms with Crippen LogP contribution in [0.1, 0.15) is 26.3 Å². The molecule has 0 amide bonds. The van der Waals surface area contributed by atoms with Crippen LogP contribution in [0.15, 0.2) is 29.3 Å². The molecule has 0 fully saturated rings. The van der Waals surface area contributed by atoms with Gasteiger partial charge in [-0.1, -0.05) is 12.1 Å². The highest BCUT2D eigenvalue weighted by atomic mass is 127. The number of guanidine groups is 1. The SMILES string of the molecule is COCCNc1ccc(CN=C(N)NC(C)(C)C)cc1.I. The Kier molecular flexibility index (Phi) is 9.36. The van der Waals surface area contributed by atoms with Gasteiger partial charge in [0, 0.05) is 24.9 Å². The van der Waals surface area contributed by atoms with Crippen LogP contribution in [0, 0.1) is 0 Å². The van der Waals surface area contributed by atoms with E-state index in [1.807, 2.05) is 24.3 Å². The molecule has 0 aromatic heterocycles. The summed E-state index contributed by atoms with van der Waals surface area (Å²) in [5.41, 5.74) is 7.97. The third-order valence-corrected chi connectivity index (χ3v) is 2.52. The maximum absolute atomic E-state index is 5.83. The van der Waals surface area contributed by atoms with Gasteiger partial charge in [-0.15, -0.1) is 24.0 Å². The minimum Gasteiger partial charge on any atom is -0.383 e. The van der Waals surface area contributed by atoms with Gasteiger partial charge in [-0.3, -0.25) is 0 Å². The van der Waals surface area contributed by atoms with Crippen LogP contribution in [0.3, 0.4) is 0 Å². The van der Waals surface area contributed by atoms with Gasteiger partial charge >= 0.3 is 0 Å². The van der Waals surface area contributed by atoms with Gasteiger partial charge in [0.2, 0.25) is 0 Å². The van der Waals surface area contributed by atoms with Crippen LogP contribution in [0.2, 0.25) is 0 Å². The molecule has 0 saturated heterocycles. The van der Waals surface area contributed by atoms with Gasteiger partial charge in [-0.05, 0) is 38.5 Å². The molecule has 0 spiro atoms. The van der Waals surface area contributed by atoms with Crippen molar-refractivity contribution in [2.24, 2.45) is 10.7 Å². The van der Waals surface area contributed by atoms with Crippen molar-refractivity contribution >= 4 is 35.6 Å². The third-order valence-electron chi connectivity index (χ3n) is 2.52. The Hall–Kier alpha value is -1.02. The molecule has 5 nitrogen and oxygen atoms in total. The van der Waals surface area contributed by atoms with Crippen LogP contribution >= 0.6 is 24.0 Å². The predicted octanol–water partition coefficient (Wildman–Crippen LogP) is 2.57. The molecule has 1 aromatic carbocycles. The van der Waals surface area contributed by atoms with Gasteiger partial charge in [0.15, 0.2) is 5.96 Å². The molecule has 120 valence electrons. The summed E-state index contributed by atoms with van der Waals surface area (Å²) in [5, 5.41) is 6.41. The Morgan fingerprint density at radius 1 is 1.24 bits per heavy atom. The van der Waals surface area contributed by atoms with Crippen molar-refractivity contribution in [2.45, 2.75) is 32.9 Å². The maximum Gasteiger partial charge on any atom is 0.189 e. The molecule has 0 aliphatic carbocycles. The first kappa shape index (κ1) is 20.0. The van der Waals surface area contributed by atoms with E-state index in [2.05, 4.69) is 36.4 Å². The molecule has 1 rings (SSSR count). The summed E-state index contributed by atoms with van der Waals surface area (Å²) in [6, 6.07) is 8.16. The second-order valence-corrected chi connectivity index (χ2v) is 5.69. The van der Waals surface area contributed by atoms with E-state index in [0.717, 1.165) is 17.8 Å². The standard InChI is InChI=1S/C15H26N4O.HI/c1-15(2,3)19-14(16)18-11-12-5-7-13(8-6-12)17-9-10-20-4;/h5-8,17H,9-11H2,1-4H3,(H3,16,18,19);1H. The Bertz CT molecular complexity index is 426. The molecular weight excluding hydrogens is 379 g/mol. The maximum atomic E-state index is 5.83. The van der Waals surface area contributed by atoms with E-state index >= 15 is 0 Å². The lowest BCUT2D eigenvalue weighted by molar-refractivity contribution is 0.211. The van der Waals surface area contributed by atoms with Crippen LogP contribution in [0.4, 0.5) is 5.69 Å². The van der Waals surface area contributed by atoms with Crippen molar-refractivity contribution in [3.8, 4) is 0 Å². The van der Waals surface area contributed by atoms with E-state index < -0.39 is 0 Å². The van der Waals surface area contributed by atoms with Crippen molar-refractivity contribution in [3.63, 3.8) is 0 Å². The lowest BCUT2D eigenvalue weighted by Crippen LogP contribution is -2.44. The number of benzene rings is 1. The lowest BCUT2D eigenvalue weighted by Gasteiger charge is -2.21. The number of nitrogens with two attached hydrogens (primary N) is 1. The topological polar surface area (TPSA) is 71.7 Å². The first-order valence-electron chi connectivity index (χ1n) is 6.80. The van der Waals surface area contributed by atoms with Gasteiger partial charge in [-0.2, -0.15) is 0 Å². The van der Waals surface area contributed by atoms with Crippen molar-refractivity contribution in [3.05, 3.63) is 29.8 Å². The van der Waals surface area contributed by atoms with Gasteiger partial charge < -0.3 is 21.1 Å². The fraction of sp³-hybridized carbons (Fsp3) is 0.533. The molecule has 0 unspecified atom stereocenters. The molecule has 21 heavy (non-hydrogen) atoms. The zero-order valence-corrected chi connectivity index (χ0v) is 15.6. The lowest BCUT2D eigenvalue weighted by atomic mass is 10.1. The molecule has 0 radical (unpaired) electrons. The largest absolute Gasteiger partial charge is 0.383 e. The summed E-state index contributed by atoms with van der Waals surface area (Å²) in [6.45, 7) is 8.23. The number of ether oxygens (including phenoxy) is 1. The minimum atomic E-state index is -0.0668. The van der Waals surface area contributed by atoms with E-state index in [0.29, 0.717) is 19.1 Å². The number of nitrogens with one attached hydrogen (secondary N) is 2. The van der Waals surface area contributed by atoms with Crippen LogP contribution in [-0.2, 0) is 11.3 Å². The number of aliphatic imine (C=N–C) groups is 1. The molecule has 4 N–H and O–H groups in total. The molecule has 0 saturated carbocycles. The average molecular weight is 406 g/mol. The number of hydrogen-bond donors (Lipinski definition) is 3. The van der Waals surface area contributed by atoms with Crippen molar-refractivity contribution in [1.29, 1.82) is 0 Å². The van der Waals surface area contributed by atoms with E-state index in [1.165, 1.54) is 0 Å². The summed E-state index contributed by atoms with van der Waals surface area (Å²) < 4.78 is 4.99. The van der Waals surface area contributed by atoms with Gasteiger partial charge in [0.05, 0.1) is 13.2 Å². The highest BCUT2D eigenvalue weighted by Gasteiger charge is 2.09. The van der Waals surface area contributed by atoms with Crippen molar-refractivity contribution < 1.29 is 4.74 Å². The number of nitrogens with zero attached hydrogens (tertiary/aromatic N) is 1. The van der Waals surface area contributed by atoms with Crippen LogP contribution in [-0.4, -0.2) is 31.8 Å². The van der Waals surface area contributed by atoms with E-state index in [4.69, 9.17) is 10.5 Å². The Labute approximate surface area is 144 Å². The zero-order chi connectivity index (χ0) is 15.0. The van der Waals surface area contributed by atoms with Gasteiger partial charge in [0.1, 0.15) is 0 Å². The number of anilines is 1. The molecule has 0 aliphatic rings. The van der Waals surface area contributed by atoms with Gasteiger partial charge in [0.25, 0.3) is 0 Å². The Balaban J connectivity index is 0.00000400. The fourth-order valence-corrected chi connectivity index (χ4v) is 1.63. The van der Waals surface area contributed by atoms with Crippen molar-refractivity contribution in [2.75, 3.05) is 25.6 Å². The molecule has 0 heterocycles. The Morgan fingerprint density at radius 3 is 2.38 bits per heavy atom. The average Bonchev–Trinajstić information content (AvgIpc) is 2.36. The highest BCUT2D eigenvalue weighted by molar-refractivity contribution is 14.0. The number of methoxy groups -OCH3 is 1. The number of rotatable bonds is 6. The molecule has 0 aliphatic heterocycles. The molecule has 6 heteroatoms. The summed E-state index contributed by atoms with van der Waals surface area (Å²) in [7, 11) is 1.69. The highest BCUT2D eigenvalue weighted by Crippen LogP contribution is 2.10. The van der Waals surface area contributed by atoms with E-state index in [1.54, 1.807) is 7.11 Å². The predicted molar refractivity (Wildman–Crippen MR) is 100 cm³/mol. The summed E-state index contributed by atoms with van der Waals surface area (Å²) in [5.74, 6) is 0.472. The second-order valence-electron chi connectivity index (χ2n) is 5.69. The van der Waals surface area contributed by atoms with Crippen LogP contribution < -0.4 is 16.4 Å². The normalized spacial score (nSPS) is 11.7. The smallest absolute Gasteiger partial charge is 0.189 e. The van der Waals surface area contributed by atoms with E-state index in [-0.39, 0.29) is 29.5 Å². The minimum absolute atomic E-state index is 0. The molecule has 0 atom stereocenters. The van der Waals surface area contributed by atoms with Gasteiger partial charge in [-0.25, -0.2) is 4.99 Å². The van der Waals surface area contributed by atoms with E-state index in [9.17, 15) is 0 Å². The Morgan fingerprint density at radius 2 is 1.86 bits per heavy atom. The second kappa shape index (κ2) is 9.83. The van der Waals surface area contributed by atoms with Crippen LogP contribution in [0.5, 0.6) is 0 Å². The molecular formula is C15H27IN4O. The quantitative estimate of drug-likeness (QED) is 0.294. The fourth-order valence-electron chi connectivity index (χ4n) is 1.63. The first-order chi connectivity index (χ1) is 9.40. The summed E-state index contributed by atoms with van der Waals surface area (Å²) in [6.07, 6.45) is 0. The number of halogens is 1. The zero-order valence-electron chi connectivity index (χ0n) is 13.3. The molecule has 0 bridgehead atoms. The van der Waals surface area contributed by atoms with Crippen molar-refractivity contribution in [1.82, 2.24) is 5.32 Å². The van der Waals surface area contributed by atoms with Crippen LogP contribution in [0.25, 0.3) is 0 Å². The monoisotopic (exact) mass is 406 g/mol. The first-order valence-corrected chi connectivity index (χ1v) is 6.80.